The van der Waals surface area contributed by atoms with Crippen LogP contribution in [-0.4, -0.2) is 67.3 Å². The minimum Gasteiger partial charge on any atom is -0.454 e. The Morgan fingerprint density at radius 1 is 1.08 bits per heavy atom. The lowest BCUT2D eigenvalue weighted by Crippen LogP contribution is -2.52. The van der Waals surface area contributed by atoms with Crippen molar-refractivity contribution < 1.29 is 23.8 Å². The molecule has 3 aliphatic heterocycles. The van der Waals surface area contributed by atoms with Gasteiger partial charge in [-0.15, -0.1) is 0 Å². The Balaban J connectivity index is 1.40. The second kappa shape index (κ2) is 6.72. The topological polar surface area (TPSA) is 68.3 Å². The zero-order chi connectivity index (χ0) is 17.4. The lowest BCUT2D eigenvalue weighted by atomic mass is 10.1. The molecule has 25 heavy (non-hydrogen) atoms. The van der Waals surface area contributed by atoms with E-state index in [0.29, 0.717) is 54.9 Å². The molecule has 0 saturated carbocycles. The molecule has 134 valence electrons. The van der Waals surface area contributed by atoms with Crippen molar-refractivity contribution in [3.8, 4) is 11.5 Å². The van der Waals surface area contributed by atoms with Gasteiger partial charge < -0.3 is 24.0 Å². The molecule has 0 spiro atoms. The van der Waals surface area contributed by atoms with E-state index in [9.17, 15) is 9.59 Å². The van der Waals surface area contributed by atoms with E-state index in [1.54, 1.807) is 21.9 Å². The van der Waals surface area contributed by atoms with Gasteiger partial charge in [-0.3, -0.25) is 9.59 Å². The average molecular weight is 367 g/mol. The molecular weight excluding hydrogens is 348 g/mol. The number of piperazine rings is 1. The van der Waals surface area contributed by atoms with Crippen LogP contribution in [0.4, 0.5) is 0 Å². The zero-order valence-electron chi connectivity index (χ0n) is 13.7. The van der Waals surface area contributed by atoms with Gasteiger partial charge in [-0.1, -0.05) is 11.6 Å². The van der Waals surface area contributed by atoms with Crippen LogP contribution in [0.3, 0.4) is 0 Å². The summed E-state index contributed by atoms with van der Waals surface area (Å²) in [6, 6.07) is 3.25. The van der Waals surface area contributed by atoms with Gasteiger partial charge in [0.05, 0.1) is 5.02 Å². The summed E-state index contributed by atoms with van der Waals surface area (Å²) in [5.41, 5.74) is 0.466. The molecule has 3 heterocycles. The smallest absolute Gasteiger partial charge is 0.254 e. The lowest BCUT2D eigenvalue weighted by molar-refractivity contribution is -0.142. The van der Waals surface area contributed by atoms with Crippen LogP contribution >= 0.6 is 11.6 Å². The van der Waals surface area contributed by atoms with Crippen molar-refractivity contribution in [2.24, 2.45) is 0 Å². The normalized spacial score (nSPS) is 22.4. The Morgan fingerprint density at radius 3 is 2.56 bits per heavy atom. The predicted octanol–water partition coefficient (Wildman–Crippen LogP) is 1.53. The maximum absolute atomic E-state index is 12.7. The fraction of sp³-hybridized carbons (Fsp3) is 0.529. The number of amides is 2. The monoisotopic (exact) mass is 366 g/mol. The number of benzene rings is 1. The molecule has 7 nitrogen and oxygen atoms in total. The first-order valence-corrected chi connectivity index (χ1v) is 8.80. The van der Waals surface area contributed by atoms with Crippen LogP contribution in [0.25, 0.3) is 0 Å². The highest BCUT2D eigenvalue weighted by Crippen LogP contribution is 2.40. The molecular formula is C17H19ClN2O5. The maximum Gasteiger partial charge on any atom is 0.254 e. The Kier molecular flexibility index (Phi) is 4.43. The molecule has 0 aliphatic carbocycles. The van der Waals surface area contributed by atoms with E-state index in [2.05, 4.69) is 0 Å². The predicted molar refractivity (Wildman–Crippen MR) is 89.0 cm³/mol. The third-order valence-corrected chi connectivity index (χ3v) is 5.04. The summed E-state index contributed by atoms with van der Waals surface area (Å²) < 4.78 is 16.0. The van der Waals surface area contributed by atoms with E-state index in [0.717, 1.165) is 12.8 Å². The quantitative estimate of drug-likeness (QED) is 0.794. The van der Waals surface area contributed by atoms with Crippen LogP contribution in [-0.2, 0) is 9.53 Å². The van der Waals surface area contributed by atoms with E-state index >= 15 is 0 Å². The first-order chi connectivity index (χ1) is 12.1. The van der Waals surface area contributed by atoms with Gasteiger partial charge in [0.1, 0.15) is 6.10 Å². The first kappa shape index (κ1) is 16.5. The first-order valence-electron chi connectivity index (χ1n) is 8.42. The molecule has 0 N–H and O–H groups in total. The van der Waals surface area contributed by atoms with E-state index in [1.807, 2.05) is 0 Å². The molecule has 3 aliphatic rings. The second-order valence-electron chi connectivity index (χ2n) is 6.31. The highest BCUT2D eigenvalue weighted by atomic mass is 35.5. The molecule has 0 unspecified atom stereocenters. The molecule has 1 atom stereocenters. The molecule has 2 fully saturated rings. The fourth-order valence-electron chi connectivity index (χ4n) is 3.38. The molecule has 0 aromatic heterocycles. The maximum atomic E-state index is 12.7. The van der Waals surface area contributed by atoms with E-state index < -0.39 is 0 Å². The van der Waals surface area contributed by atoms with Crippen LogP contribution in [0.5, 0.6) is 11.5 Å². The zero-order valence-corrected chi connectivity index (χ0v) is 14.5. The van der Waals surface area contributed by atoms with Crippen LogP contribution in [0.15, 0.2) is 12.1 Å². The average Bonchev–Trinajstić information content (AvgIpc) is 3.32. The number of rotatable bonds is 2. The summed E-state index contributed by atoms with van der Waals surface area (Å²) in [6.07, 6.45) is 1.41. The van der Waals surface area contributed by atoms with Crippen molar-refractivity contribution in [3.63, 3.8) is 0 Å². The van der Waals surface area contributed by atoms with Crippen molar-refractivity contribution in [2.45, 2.75) is 18.9 Å². The number of hydrogen-bond acceptors (Lipinski definition) is 5. The Labute approximate surface area is 150 Å². The van der Waals surface area contributed by atoms with E-state index in [-0.39, 0.29) is 24.7 Å². The number of fused-ring (bicyclic) bond motifs is 1. The molecule has 4 rings (SSSR count). The highest BCUT2D eigenvalue weighted by molar-refractivity contribution is 6.32. The van der Waals surface area contributed by atoms with Gasteiger partial charge in [-0.05, 0) is 25.0 Å². The largest absolute Gasteiger partial charge is 0.454 e. The van der Waals surface area contributed by atoms with Crippen LogP contribution < -0.4 is 9.47 Å². The fourth-order valence-corrected chi connectivity index (χ4v) is 3.64. The lowest BCUT2D eigenvalue weighted by Gasteiger charge is -2.35. The molecule has 2 amide bonds. The summed E-state index contributed by atoms with van der Waals surface area (Å²) in [4.78, 5) is 28.6. The van der Waals surface area contributed by atoms with Crippen LogP contribution in [0, 0.1) is 0 Å². The standard InChI is InChI=1S/C17H19ClN2O5/c18-12-8-11(9-14-15(12)25-10-24-14)16(21)19-3-5-20(6-4-19)17(22)13-2-1-7-23-13/h8-9,13H,1-7,10H2/t13-/m0/s1. The Bertz CT molecular complexity index is 697. The summed E-state index contributed by atoms with van der Waals surface area (Å²) in [5, 5.41) is 0.366. The van der Waals surface area contributed by atoms with Gasteiger partial charge in [0.2, 0.25) is 6.79 Å². The SMILES string of the molecule is O=C(c1cc(Cl)c2c(c1)OCO2)N1CCN(C(=O)[C@@H]2CCCO2)CC1. The molecule has 0 bridgehead atoms. The van der Waals surface area contributed by atoms with E-state index in [4.69, 9.17) is 25.8 Å². The summed E-state index contributed by atoms with van der Waals surface area (Å²) in [7, 11) is 0. The van der Waals surface area contributed by atoms with Gasteiger partial charge in [0.25, 0.3) is 11.8 Å². The second-order valence-corrected chi connectivity index (χ2v) is 6.72. The summed E-state index contributed by atoms with van der Waals surface area (Å²) in [6.45, 7) is 2.77. The third-order valence-electron chi connectivity index (χ3n) is 4.76. The van der Waals surface area contributed by atoms with Crippen LogP contribution in [0.1, 0.15) is 23.2 Å². The van der Waals surface area contributed by atoms with Crippen molar-refractivity contribution in [1.29, 1.82) is 0 Å². The minimum absolute atomic E-state index is 0.0377. The Morgan fingerprint density at radius 2 is 1.84 bits per heavy atom. The molecule has 1 aromatic carbocycles. The molecule has 8 heteroatoms. The number of nitrogens with zero attached hydrogens (tertiary/aromatic N) is 2. The summed E-state index contributed by atoms with van der Waals surface area (Å²) >= 11 is 6.15. The highest BCUT2D eigenvalue weighted by Gasteiger charge is 2.32. The molecule has 0 radical (unpaired) electrons. The van der Waals surface area contributed by atoms with Crippen molar-refractivity contribution in [2.75, 3.05) is 39.6 Å². The van der Waals surface area contributed by atoms with Gasteiger partial charge in [-0.2, -0.15) is 0 Å². The van der Waals surface area contributed by atoms with Crippen molar-refractivity contribution in [3.05, 3.63) is 22.7 Å². The van der Waals surface area contributed by atoms with Crippen molar-refractivity contribution in [1.82, 2.24) is 9.80 Å². The Hall–Kier alpha value is -1.99. The van der Waals surface area contributed by atoms with Gasteiger partial charge in [0, 0.05) is 38.3 Å². The number of halogens is 1. The number of carbonyl (C=O) groups is 2. The minimum atomic E-state index is -0.310. The third kappa shape index (κ3) is 3.14. The number of hydrogen-bond donors (Lipinski definition) is 0. The number of carbonyl (C=O) groups excluding carboxylic acids is 2. The van der Waals surface area contributed by atoms with Gasteiger partial charge >= 0.3 is 0 Å². The molecule has 2 saturated heterocycles. The molecule has 1 aromatic rings. The number of ether oxygens (including phenoxy) is 3. The van der Waals surface area contributed by atoms with Crippen molar-refractivity contribution >= 4 is 23.4 Å². The van der Waals surface area contributed by atoms with Gasteiger partial charge in [-0.25, -0.2) is 0 Å². The van der Waals surface area contributed by atoms with Crippen LogP contribution in [0.2, 0.25) is 5.02 Å². The van der Waals surface area contributed by atoms with E-state index in [1.165, 1.54) is 0 Å². The summed E-state index contributed by atoms with van der Waals surface area (Å²) in [5.74, 6) is 0.883. The van der Waals surface area contributed by atoms with Gasteiger partial charge in [0.15, 0.2) is 11.5 Å².